The number of ether oxygens (including phenoxy) is 1. The Morgan fingerprint density at radius 3 is 2.52 bits per heavy atom. The summed E-state index contributed by atoms with van der Waals surface area (Å²) in [6.07, 6.45) is -0.402. The molecule has 1 aliphatic heterocycles. The highest BCUT2D eigenvalue weighted by Gasteiger charge is 2.55. The number of rotatable bonds is 2. The van der Waals surface area contributed by atoms with E-state index >= 15 is 0 Å². The molecule has 4 rings (SSSR count). The highest BCUT2D eigenvalue weighted by molar-refractivity contribution is 5.59. The van der Waals surface area contributed by atoms with Gasteiger partial charge in [-0.15, -0.1) is 0 Å². The molecule has 0 spiro atoms. The minimum Gasteiger partial charge on any atom is -0.484 e. The van der Waals surface area contributed by atoms with Crippen molar-refractivity contribution < 1.29 is 19.4 Å². The highest BCUT2D eigenvalue weighted by Crippen LogP contribution is 2.52. The van der Waals surface area contributed by atoms with Crippen LogP contribution in [-0.2, 0) is 0 Å². The van der Waals surface area contributed by atoms with Crippen LogP contribution in [0.2, 0.25) is 0 Å². The lowest BCUT2D eigenvalue weighted by Crippen LogP contribution is -2.60. The first-order valence-electron chi connectivity index (χ1n) is 9.60. The summed E-state index contributed by atoms with van der Waals surface area (Å²) in [4.78, 5) is 12.7. The summed E-state index contributed by atoms with van der Waals surface area (Å²) in [5, 5.41) is 21.9. The zero-order valence-corrected chi connectivity index (χ0v) is 15.9. The van der Waals surface area contributed by atoms with Gasteiger partial charge in [0, 0.05) is 17.5 Å². The summed E-state index contributed by atoms with van der Waals surface area (Å²) in [7, 11) is 0. The molecule has 5 atom stereocenters. The van der Waals surface area contributed by atoms with Crippen LogP contribution in [0.1, 0.15) is 45.3 Å². The lowest BCUT2D eigenvalue weighted by atomic mass is 9.63. The van der Waals surface area contributed by atoms with Gasteiger partial charge in [-0.2, -0.15) is 0 Å². The van der Waals surface area contributed by atoms with Crippen LogP contribution < -0.4 is 10.4 Å². The quantitative estimate of drug-likeness (QED) is 0.845. The summed E-state index contributed by atoms with van der Waals surface area (Å²) in [6.45, 7) is 6.07. The second kappa shape index (κ2) is 6.50. The first-order chi connectivity index (χ1) is 12.8. The number of aliphatic hydroxyl groups is 2. The fraction of sp³-hybridized carbons (Fsp3) is 0.500. The summed E-state index contributed by atoms with van der Waals surface area (Å²) >= 11 is 0. The molecule has 1 aromatic heterocycles. The topological polar surface area (TPSA) is 79.9 Å². The van der Waals surface area contributed by atoms with E-state index in [-0.39, 0.29) is 17.4 Å². The molecule has 2 aliphatic rings. The molecule has 1 aliphatic carbocycles. The van der Waals surface area contributed by atoms with Gasteiger partial charge in [0.2, 0.25) is 0 Å². The molecule has 1 fully saturated rings. The van der Waals surface area contributed by atoms with Crippen LogP contribution in [0.15, 0.2) is 45.6 Å². The van der Waals surface area contributed by atoms with E-state index in [1.807, 2.05) is 37.3 Å². The summed E-state index contributed by atoms with van der Waals surface area (Å²) < 4.78 is 11.7. The molecule has 1 aromatic carbocycles. The predicted octanol–water partition coefficient (Wildman–Crippen LogP) is 3.53. The monoisotopic (exact) mass is 370 g/mol. The van der Waals surface area contributed by atoms with Crippen molar-refractivity contribution in [3.8, 4) is 17.1 Å². The van der Waals surface area contributed by atoms with Crippen LogP contribution >= 0.6 is 0 Å². The standard InChI is InChI=1S/C22H26O5/c1-12(2)14-9-15-20(24)19-17(27-22(15,3)18(23)10-14)11-16(26-21(19)25)13-7-5-4-6-8-13/h4-8,11-12,14-15,18,20,23-24H,9-10H2,1-3H3/t14-,15-,18-,20+,22-/m0/s1. The predicted molar refractivity (Wildman–Crippen MR) is 101 cm³/mol. The van der Waals surface area contributed by atoms with Crippen molar-refractivity contribution in [2.75, 3.05) is 0 Å². The number of benzene rings is 1. The first-order valence-corrected chi connectivity index (χ1v) is 9.60. The Balaban J connectivity index is 1.80. The number of fused-ring (bicyclic) bond motifs is 2. The van der Waals surface area contributed by atoms with Crippen LogP contribution in [-0.4, -0.2) is 21.9 Å². The van der Waals surface area contributed by atoms with Gasteiger partial charge in [-0.05, 0) is 31.6 Å². The third-order valence-electron chi connectivity index (χ3n) is 6.44. The second-order valence-electron chi connectivity index (χ2n) is 8.37. The molecule has 0 bridgehead atoms. The van der Waals surface area contributed by atoms with E-state index in [4.69, 9.17) is 9.15 Å². The van der Waals surface area contributed by atoms with Crippen LogP contribution in [0.3, 0.4) is 0 Å². The van der Waals surface area contributed by atoms with Gasteiger partial charge < -0.3 is 19.4 Å². The van der Waals surface area contributed by atoms with Crippen molar-refractivity contribution in [2.24, 2.45) is 17.8 Å². The maximum Gasteiger partial charge on any atom is 0.345 e. The molecule has 5 heteroatoms. The van der Waals surface area contributed by atoms with Gasteiger partial charge in [0.1, 0.15) is 22.7 Å². The highest BCUT2D eigenvalue weighted by atomic mass is 16.5. The molecule has 1 saturated carbocycles. The molecule has 27 heavy (non-hydrogen) atoms. The van der Waals surface area contributed by atoms with Gasteiger partial charge in [0.15, 0.2) is 0 Å². The van der Waals surface area contributed by atoms with Gasteiger partial charge in [-0.25, -0.2) is 4.79 Å². The average Bonchev–Trinajstić information content (AvgIpc) is 2.63. The van der Waals surface area contributed by atoms with Crippen LogP contribution in [0.5, 0.6) is 5.75 Å². The zero-order valence-electron chi connectivity index (χ0n) is 15.9. The van der Waals surface area contributed by atoms with E-state index < -0.39 is 23.4 Å². The molecule has 0 radical (unpaired) electrons. The van der Waals surface area contributed by atoms with Crippen molar-refractivity contribution in [1.29, 1.82) is 0 Å². The molecule has 2 aromatic rings. The Morgan fingerprint density at radius 2 is 1.85 bits per heavy atom. The van der Waals surface area contributed by atoms with Crippen LogP contribution in [0, 0.1) is 17.8 Å². The number of hydrogen-bond donors (Lipinski definition) is 2. The normalized spacial score (nSPS) is 32.5. The molecule has 2 heterocycles. The van der Waals surface area contributed by atoms with Crippen LogP contribution in [0.4, 0.5) is 0 Å². The fourth-order valence-corrected chi connectivity index (χ4v) is 4.57. The molecule has 2 N–H and O–H groups in total. The molecule has 5 nitrogen and oxygen atoms in total. The van der Waals surface area contributed by atoms with Gasteiger partial charge in [-0.3, -0.25) is 0 Å². The van der Waals surface area contributed by atoms with Crippen molar-refractivity contribution in [3.63, 3.8) is 0 Å². The van der Waals surface area contributed by atoms with Gasteiger partial charge in [0.25, 0.3) is 0 Å². The smallest absolute Gasteiger partial charge is 0.345 e. The molecule has 0 amide bonds. The Labute approximate surface area is 158 Å². The Bertz CT molecular complexity index is 887. The maximum absolute atomic E-state index is 12.7. The van der Waals surface area contributed by atoms with E-state index in [1.165, 1.54) is 0 Å². The van der Waals surface area contributed by atoms with E-state index in [0.717, 1.165) is 5.56 Å². The van der Waals surface area contributed by atoms with E-state index in [2.05, 4.69) is 13.8 Å². The third kappa shape index (κ3) is 2.89. The third-order valence-corrected chi connectivity index (χ3v) is 6.44. The molecule has 0 unspecified atom stereocenters. The average molecular weight is 370 g/mol. The largest absolute Gasteiger partial charge is 0.484 e. The van der Waals surface area contributed by atoms with Gasteiger partial charge in [-0.1, -0.05) is 44.2 Å². The first kappa shape index (κ1) is 18.3. The van der Waals surface area contributed by atoms with Gasteiger partial charge in [0.05, 0.1) is 12.2 Å². The van der Waals surface area contributed by atoms with Crippen molar-refractivity contribution in [2.45, 2.75) is 51.4 Å². The SMILES string of the molecule is CC(C)[C@@H]1C[C@H](O)[C@@]2(C)Oc3cc(-c4ccccc4)oc(=O)c3[C@H](O)[C@@H]2C1. The second-order valence-corrected chi connectivity index (χ2v) is 8.37. The van der Waals surface area contributed by atoms with E-state index in [0.29, 0.717) is 30.3 Å². The lowest BCUT2D eigenvalue weighted by molar-refractivity contribution is -0.168. The van der Waals surface area contributed by atoms with E-state index in [1.54, 1.807) is 6.07 Å². The van der Waals surface area contributed by atoms with Crippen molar-refractivity contribution in [1.82, 2.24) is 0 Å². The number of hydrogen-bond acceptors (Lipinski definition) is 5. The number of aliphatic hydroxyl groups excluding tert-OH is 2. The lowest BCUT2D eigenvalue weighted by Gasteiger charge is -2.52. The minimum atomic E-state index is -1.02. The summed E-state index contributed by atoms with van der Waals surface area (Å²) in [6, 6.07) is 10.9. The Morgan fingerprint density at radius 1 is 1.15 bits per heavy atom. The molecule has 0 saturated heterocycles. The molecular formula is C22H26O5. The fourth-order valence-electron chi connectivity index (χ4n) is 4.57. The molecule has 144 valence electrons. The maximum atomic E-state index is 12.7. The summed E-state index contributed by atoms with van der Waals surface area (Å²) in [5.41, 5.74) is -0.595. The van der Waals surface area contributed by atoms with Gasteiger partial charge >= 0.3 is 5.63 Å². The van der Waals surface area contributed by atoms with E-state index in [9.17, 15) is 15.0 Å². The van der Waals surface area contributed by atoms with Crippen LogP contribution in [0.25, 0.3) is 11.3 Å². The van der Waals surface area contributed by atoms with Crippen molar-refractivity contribution in [3.05, 3.63) is 52.4 Å². The zero-order chi connectivity index (χ0) is 19.3. The molecular weight excluding hydrogens is 344 g/mol. The summed E-state index contributed by atoms with van der Waals surface area (Å²) in [5.74, 6) is 0.993. The minimum absolute atomic E-state index is 0.161. The Hall–Kier alpha value is -2.11. The van der Waals surface area contributed by atoms with Crippen molar-refractivity contribution >= 4 is 0 Å². The Kier molecular flexibility index (Phi) is 4.40.